The molecule has 4 rings (SSSR count). The van der Waals surface area contributed by atoms with Crippen LogP contribution in [-0.2, 0) is 17.8 Å². The first kappa shape index (κ1) is 17.9. The first-order chi connectivity index (χ1) is 13.2. The van der Waals surface area contributed by atoms with Gasteiger partial charge >= 0.3 is 0 Å². The molecular formula is C21H21N3O2S. The van der Waals surface area contributed by atoms with E-state index in [2.05, 4.69) is 42.2 Å². The number of nitrogens with zero attached hydrogens (tertiary/aromatic N) is 3. The lowest BCUT2D eigenvalue weighted by molar-refractivity contribution is -0.132. The third kappa shape index (κ3) is 3.53. The molecule has 1 aromatic carbocycles. The van der Waals surface area contributed by atoms with Crippen LogP contribution in [0.5, 0.6) is 0 Å². The molecule has 0 aliphatic carbocycles. The molecule has 27 heavy (non-hydrogen) atoms. The number of rotatable bonds is 4. The van der Waals surface area contributed by atoms with Crippen LogP contribution < -0.4 is 0 Å². The van der Waals surface area contributed by atoms with Gasteiger partial charge in [0, 0.05) is 12.3 Å². The van der Waals surface area contributed by atoms with E-state index in [4.69, 9.17) is 4.42 Å². The fourth-order valence-corrected chi connectivity index (χ4v) is 4.74. The van der Waals surface area contributed by atoms with E-state index in [-0.39, 0.29) is 11.8 Å². The van der Waals surface area contributed by atoms with Crippen LogP contribution in [0.4, 0.5) is 0 Å². The lowest BCUT2D eigenvalue weighted by Gasteiger charge is -2.41. The first-order valence-corrected chi connectivity index (χ1v) is 10.1. The Morgan fingerprint density at radius 1 is 1.30 bits per heavy atom. The zero-order valence-corrected chi connectivity index (χ0v) is 16.0. The van der Waals surface area contributed by atoms with Crippen LogP contribution in [0.25, 0.3) is 0 Å². The normalized spacial score (nSPS) is 20.5. The second-order valence-corrected chi connectivity index (χ2v) is 7.76. The van der Waals surface area contributed by atoms with Gasteiger partial charge in [0.2, 0.25) is 5.91 Å². The smallest absolute Gasteiger partial charge is 0.229 e. The summed E-state index contributed by atoms with van der Waals surface area (Å²) in [5.74, 6) is 1.53. The van der Waals surface area contributed by atoms with Gasteiger partial charge in [-0.15, -0.1) is 0 Å². The molecule has 1 unspecified atom stereocenters. The monoisotopic (exact) mass is 379 g/mol. The minimum atomic E-state index is -0.149. The summed E-state index contributed by atoms with van der Waals surface area (Å²) in [6.45, 7) is 3.27. The number of furan rings is 1. The van der Waals surface area contributed by atoms with Gasteiger partial charge in [-0.3, -0.25) is 14.6 Å². The summed E-state index contributed by atoms with van der Waals surface area (Å²) in [6.07, 6.45) is 2.98. The largest absolute Gasteiger partial charge is 0.468 e. The van der Waals surface area contributed by atoms with Crippen molar-refractivity contribution in [2.24, 2.45) is 0 Å². The number of thioether (sulfide) groups is 1. The molecule has 2 aliphatic rings. The van der Waals surface area contributed by atoms with Crippen molar-refractivity contribution in [1.82, 2.24) is 9.80 Å². The summed E-state index contributed by atoms with van der Waals surface area (Å²) in [5.41, 5.74) is 3.01. The van der Waals surface area contributed by atoms with Crippen molar-refractivity contribution < 1.29 is 9.21 Å². The van der Waals surface area contributed by atoms with E-state index < -0.39 is 0 Å². The Morgan fingerprint density at radius 3 is 2.78 bits per heavy atom. The Bertz CT molecular complexity index is 897. The number of amides is 1. The van der Waals surface area contributed by atoms with Crippen molar-refractivity contribution in [2.75, 3.05) is 12.5 Å². The van der Waals surface area contributed by atoms with Crippen LogP contribution in [0.15, 0.2) is 57.7 Å². The third-order valence-corrected chi connectivity index (χ3v) is 6.31. The molecule has 5 nitrogen and oxygen atoms in total. The second-order valence-electron chi connectivity index (χ2n) is 6.83. The molecule has 0 radical (unpaired) electrons. The molecule has 0 N–H and O–H groups in total. The van der Waals surface area contributed by atoms with Crippen molar-refractivity contribution in [3.05, 3.63) is 70.2 Å². The van der Waals surface area contributed by atoms with Gasteiger partial charge in [-0.1, -0.05) is 43.0 Å². The number of allylic oxidation sites excluding steroid dienone is 1. The molecule has 138 valence electrons. The summed E-state index contributed by atoms with van der Waals surface area (Å²) in [7, 11) is 0. The summed E-state index contributed by atoms with van der Waals surface area (Å²) in [5, 5.41) is 10.6. The topological polar surface area (TPSA) is 60.5 Å². The standard InChI is InChI=1S/C21H21N3O2S/c1-2-15-5-7-16(8-6-15)18-10-20(25)24-13-23(12-17-4-3-9-26-17)14-27-21(24)19(18)11-22/h3-9,18H,2,10,12-14H2,1H3. The number of aryl methyl sites for hydroxylation is 1. The Kier molecular flexibility index (Phi) is 5.06. The summed E-state index contributed by atoms with van der Waals surface area (Å²) in [6, 6.07) is 14.5. The third-order valence-electron chi connectivity index (χ3n) is 5.10. The fraction of sp³-hybridized carbons (Fsp3) is 0.333. The predicted molar refractivity (Wildman–Crippen MR) is 104 cm³/mol. The molecule has 1 atom stereocenters. The van der Waals surface area contributed by atoms with E-state index in [0.29, 0.717) is 25.2 Å². The highest BCUT2D eigenvalue weighted by Gasteiger charge is 2.38. The molecule has 1 saturated heterocycles. The number of hydrogen-bond acceptors (Lipinski definition) is 5. The fourth-order valence-electron chi connectivity index (χ4n) is 3.60. The summed E-state index contributed by atoms with van der Waals surface area (Å²) < 4.78 is 5.42. The van der Waals surface area contributed by atoms with Gasteiger partial charge in [0.25, 0.3) is 0 Å². The highest BCUT2D eigenvalue weighted by atomic mass is 32.2. The zero-order valence-electron chi connectivity index (χ0n) is 15.2. The van der Waals surface area contributed by atoms with E-state index >= 15 is 0 Å². The van der Waals surface area contributed by atoms with Gasteiger partial charge < -0.3 is 4.42 Å². The number of carbonyl (C=O) groups is 1. The Morgan fingerprint density at radius 2 is 2.11 bits per heavy atom. The van der Waals surface area contributed by atoms with E-state index in [1.807, 2.05) is 12.1 Å². The zero-order chi connectivity index (χ0) is 18.8. The quantitative estimate of drug-likeness (QED) is 0.802. The van der Waals surface area contributed by atoms with Crippen molar-refractivity contribution >= 4 is 17.7 Å². The predicted octanol–water partition coefficient (Wildman–Crippen LogP) is 4.06. The second kappa shape index (κ2) is 7.63. The molecule has 0 saturated carbocycles. The van der Waals surface area contributed by atoms with Gasteiger partial charge in [0.1, 0.15) is 5.76 Å². The van der Waals surface area contributed by atoms with Crippen LogP contribution >= 0.6 is 11.8 Å². The minimum absolute atomic E-state index is 0.0743. The SMILES string of the molecule is CCc1ccc(C2CC(=O)N3CN(Cc4ccco4)CSC3=C2C#N)cc1. The van der Waals surface area contributed by atoms with E-state index in [9.17, 15) is 10.1 Å². The van der Waals surface area contributed by atoms with E-state index in [0.717, 1.165) is 28.7 Å². The van der Waals surface area contributed by atoms with Gasteiger partial charge in [0.05, 0.1) is 42.0 Å². The van der Waals surface area contributed by atoms with Crippen molar-refractivity contribution in [2.45, 2.75) is 32.2 Å². The highest BCUT2D eigenvalue weighted by Crippen LogP contribution is 2.42. The van der Waals surface area contributed by atoms with Crippen LogP contribution in [0.1, 0.15) is 36.1 Å². The Balaban J connectivity index is 1.59. The van der Waals surface area contributed by atoms with Crippen LogP contribution in [0.3, 0.4) is 0 Å². The molecule has 3 heterocycles. The molecule has 2 aromatic rings. The summed E-state index contributed by atoms with van der Waals surface area (Å²) in [4.78, 5) is 16.8. The van der Waals surface area contributed by atoms with Gasteiger partial charge in [-0.25, -0.2) is 0 Å². The van der Waals surface area contributed by atoms with Gasteiger partial charge in [-0.2, -0.15) is 5.26 Å². The average Bonchev–Trinajstić information content (AvgIpc) is 3.21. The number of fused-ring (bicyclic) bond motifs is 1. The molecule has 2 aliphatic heterocycles. The maximum atomic E-state index is 12.9. The number of nitriles is 1. The Labute approximate surface area is 163 Å². The average molecular weight is 379 g/mol. The molecule has 0 bridgehead atoms. The number of benzene rings is 1. The maximum absolute atomic E-state index is 12.9. The Hall–Kier alpha value is -2.49. The van der Waals surface area contributed by atoms with Crippen LogP contribution in [0, 0.1) is 11.3 Å². The lowest BCUT2D eigenvalue weighted by atomic mass is 9.86. The van der Waals surface area contributed by atoms with Gasteiger partial charge in [0.15, 0.2) is 0 Å². The molecule has 0 spiro atoms. The van der Waals surface area contributed by atoms with Crippen LogP contribution in [0.2, 0.25) is 0 Å². The number of hydrogen-bond donors (Lipinski definition) is 0. The molecule has 6 heteroatoms. The molecule has 1 fully saturated rings. The van der Waals surface area contributed by atoms with E-state index in [1.165, 1.54) is 5.56 Å². The molecule has 1 aromatic heterocycles. The van der Waals surface area contributed by atoms with Crippen molar-refractivity contribution in [3.63, 3.8) is 0 Å². The molecule has 1 amide bonds. The van der Waals surface area contributed by atoms with Crippen LogP contribution in [-0.4, -0.2) is 28.3 Å². The maximum Gasteiger partial charge on any atom is 0.229 e. The van der Waals surface area contributed by atoms with E-state index in [1.54, 1.807) is 22.9 Å². The van der Waals surface area contributed by atoms with Gasteiger partial charge in [-0.05, 0) is 29.7 Å². The number of carbonyl (C=O) groups excluding carboxylic acids is 1. The highest BCUT2D eigenvalue weighted by molar-refractivity contribution is 8.03. The van der Waals surface area contributed by atoms with Crippen molar-refractivity contribution in [1.29, 1.82) is 5.26 Å². The minimum Gasteiger partial charge on any atom is -0.468 e. The van der Waals surface area contributed by atoms with Crippen molar-refractivity contribution in [3.8, 4) is 6.07 Å². The summed E-state index contributed by atoms with van der Waals surface area (Å²) >= 11 is 1.57. The lowest BCUT2D eigenvalue weighted by Crippen LogP contribution is -2.46. The first-order valence-electron chi connectivity index (χ1n) is 9.10. The molecular weight excluding hydrogens is 358 g/mol.